The summed E-state index contributed by atoms with van der Waals surface area (Å²) in [6, 6.07) is 10.3. The molecule has 1 heterocycles. The average molecular weight is 290 g/mol. The molecule has 110 valence electrons. The number of benzene rings is 1. The molecule has 0 unspecified atom stereocenters. The number of nitrogens with one attached hydrogen (secondary N) is 1. The van der Waals surface area contributed by atoms with Crippen LogP contribution in [0, 0.1) is 5.82 Å². The second-order valence-corrected chi connectivity index (χ2v) is 4.30. The summed E-state index contributed by atoms with van der Waals surface area (Å²) < 4.78 is 18.5. The van der Waals surface area contributed by atoms with Gasteiger partial charge in [0.1, 0.15) is 22.9 Å². The van der Waals surface area contributed by atoms with Gasteiger partial charge in [0.25, 0.3) is 0 Å². The molecule has 0 atom stereocenters. The zero-order valence-electron chi connectivity index (χ0n) is 11.3. The number of pyridine rings is 1. The van der Waals surface area contributed by atoms with Gasteiger partial charge in [0.15, 0.2) is 0 Å². The van der Waals surface area contributed by atoms with Gasteiger partial charge < -0.3 is 15.2 Å². The number of halogens is 1. The molecule has 0 aliphatic heterocycles. The van der Waals surface area contributed by atoms with Crippen LogP contribution in [-0.2, 0) is 0 Å². The summed E-state index contributed by atoms with van der Waals surface area (Å²) >= 11 is 0. The van der Waals surface area contributed by atoms with Crippen molar-refractivity contribution in [2.75, 3.05) is 18.5 Å². The van der Waals surface area contributed by atoms with Gasteiger partial charge in [-0.1, -0.05) is 18.2 Å². The fourth-order valence-corrected chi connectivity index (χ4v) is 1.73. The lowest BCUT2D eigenvalue weighted by Gasteiger charge is -2.09. The number of ether oxygens (including phenoxy) is 1. The Morgan fingerprint density at radius 2 is 2.10 bits per heavy atom. The molecule has 0 amide bonds. The van der Waals surface area contributed by atoms with Crippen molar-refractivity contribution in [3.8, 4) is 5.75 Å². The molecule has 2 rings (SSSR count). The Morgan fingerprint density at radius 3 is 2.81 bits per heavy atom. The Bertz CT molecular complexity index is 605. The third kappa shape index (κ3) is 4.45. The predicted octanol–water partition coefficient (Wildman–Crippen LogP) is 2.80. The minimum absolute atomic E-state index is 0.156. The van der Waals surface area contributed by atoms with Crippen LogP contribution in [0.15, 0.2) is 42.6 Å². The number of hydrogen-bond donors (Lipinski definition) is 2. The van der Waals surface area contributed by atoms with Crippen LogP contribution in [0.4, 0.5) is 10.2 Å². The first-order valence-electron chi connectivity index (χ1n) is 6.47. The Kier molecular flexibility index (Phi) is 5.09. The first-order valence-corrected chi connectivity index (χ1v) is 6.47. The number of rotatable bonds is 7. The summed E-state index contributed by atoms with van der Waals surface area (Å²) in [4.78, 5) is 14.7. The van der Waals surface area contributed by atoms with Crippen LogP contribution in [0.3, 0.4) is 0 Å². The van der Waals surface area contributed by atoms with E-state index in [0.29, 0.717) is 19.6 Å². The highest BCUT2D eigenvalue weighted by atomic mass is 19.1. The number of carboxylic acid groups (broad SMARTS) is 1. The summed E-state index contributed by atoms with van der Waals surface area (Å²) in [5.41, 5.74) is -0.182. The lowest BCUT2D eigenvalue weighted by atomic mass is 10.2. The number of carbonyl (C=O) groups is 1. The van der Waals surface area contributed by atoms with Gasteiger partial charge in [-0.15, -0.1) is 0 Å². The molecule has 0 aliphatic rings. The summed E-state index contributed by atoms with van der Waals surface area (Å²) in [7, 11) is 0. The van der Waals surface area contributed by atoms with Gasteiger partial charge in [-0.3, -0.25) is 0 Å². The van der Waals surface area contributed by atoms with Gasteiger partial charge >= 0.3 is 5.97 Å². The van der Waals surface area contributed by atoms with Gasteiger partial charge in [-0.05, 0) is 24.6 Å². The van der Waals surface area contributed by atoms with E-state index in [1.807, 2.05) is 30.3 Å². The van der Waals surface area contributed by atoms with Crippen LogP contribution in [0.5, 0.6) is 5.75 Å². The highest BCUT2D eigenvalue weighted by Gasteiger charge is 2.12. The molecular formula is C15H15FN2O3. The quantitative estimate of drug-likeness (QED) is 0.767. The standard InChI is InChI=1S/C15H15FN2O3/c16-11-9-13(15(19)20)14(18-10-11)17-7-4-8-21-12-5-2-1-3-6-12/h1-3,5-6,9-10H,4,7-8H2,(H,17,18)(H,19,20). The number of hydrogen-bond acceptors (Lipinski definition) is 4. The van der Waals surface area contributed by atoms with Crippen molar-refractivity contribution < 1.29 is 19.0 Å². The highest BCUT2D eigenvalue weighted by Crippen LogP contribution is 2.13. The van der Waals surface area contributed by atoms with Crippen molar-refractivity contribution in [1.29, 1.82) is 0 Å². The molecular weight excluding hydrogens is 275 g/mol. The molecule has 0 bridgehead atoms. The van der Waals surface area contributed by atoms with Gasteiger partial charge in [0.05, 0.1) is 12.8 Å². The van der Waals surface area contributed by atoms with E-state index >= 15 is 0 Å². The minimum Gasteiger partial charge on any atom is -0.494 e. The molecule has 0 spiro atoms. The maximum absolute atomic E-state index is 13.0. The number of nitrogens with zero attached hydrogens (tertiary/aromatic N) is 1. The second-order valence-electron chi connectivity index (χ2n) is 4.30. The molecule has 2 N–H and O–H groups in total. The topological polar surface area (TPSA) is 71.5 Å². The number of carboxylic acids is 1. The SMILES string of the molecule is O=C(O)c1cc(F)cnc1NCCCOc1ccccc1. The van der Waals surface area contributed by atoms with Crippen LogP contribution in [0.25, 0.3) is 0 Å². The van der Waals surface area contributed by atoms with E-state index in [1.165, 1.54) is 0 Å². The van der Waals surface area contributed by atoms with Gasteiger partial charge in [-0.2, -0.15) is 0 Å². The minimum atomic E-state index is -1.22. The zero-order valence-corrected chi connectivity index (χ0v) is 11.3. The summed E-state index contributed by atoms with van der Waals surface area (Å²) in [5, 5.41) is 11.8. The third-order valence-corrected chi connectivity index (χ3v) is 2.71. The number of aromatic carboxylic acids is 1. The first-order chi connectivity index (χ1) is 10.2. The largest absolute Gasteiger partial charge is 0.494 e. The summed E-state index contributed by atoms with van der Waals surface area (Å²) in [6.07, 6.45) is 1.64. The highest BCUT2D eigenvalue weighted by molar-refractivity contribution is 5.93. The monoisotopic (exact) mass is 290 g/mol. The van der Waals surface area contributed by atoms with Crippen molar-refractivity contribution >= 4 is 11.8 Å². The molecule has 1 aromatic carbocycles. The Labute approximate surface area is 121 Å². The van der Waals surface area contributed by atoms with E-state index in [0.717, 1.165) is 18.0 Å². The van der Waals surface area contributed by atoms with Crippen molar-refractivity contribution in [2.45, 2.75) is 6.42 Å². The van der Waals surface area contributed by atoms with E-state index < -0.39 is 11.8 Å². The normalized spacial score (nSPS) is 10.1. The van der Waals surface area contributed by atoms with Crippen molar-refractivity contribution in [3.63, 3.8) is 0 Å². The number of anilines is 1. The molecule has 0 saturated carbocycles. The van der Waals surface area contributed by atoms with Gasteiger partial charge in [0.2, 0.25) is 0 Å². The zero-order chi connectivity index (χ0) is 15.1. The van der Waals surface area contributed by atoms with E-state index in [1.54, 1.807) is 0 Å². The molecule has 0 saturated heterocycles. The number of para-hydroxylation sites is 1. The molecule has 21 heavy (non-hydrogen) atoms. The van der Waals surface area contributed by atoms with E-state index in [2.05, 4.69) is 10.3 Å². The predicted molar refractivity (Wildman–Crippen MR) is 76.2 cm³/mol. The molecule has 0 fully saturated rings. The van der Waals surface area contributed by atoms with Crippen LogP contribution in [0.1, 0.15) is 16.8 Å². The molecule has 0 aliphatic carbocycles. The maximum atomic E-state index is 13.0. The smallest absolute Gasteiger partial charge is 0.339 e. The fourth-order valence-electron chi connectivity index (χ4n) is 1.73. The Morgan fingerprint density at radius 1 is 1.33 bits per heavy atom. The van der Waals surface area contributed by atoms with Crippen LogP contribution < -0.4 is 10.1 Å². The van der Waals surface area contributed by atoms with Crippen LogP contribution in [0.2, 0.25) is 0 Å². The summed E-state index contributed by atoms with van der Waals surface area (Å²) in [6.45, 7) is 0.965. The molecule has 6 heteroatoms. The Hall–Kier alpha value is -2.63. The van der Waals surface area contributed by atoms with Crippen LogP contribution >= 0.6 is 0 Å². The average Bonchev–Trinajstić information content (AvgIpc) is 2.49. The molecule has 1 aromatic heterocycles. The fraction of sp³-hybridized carbons (Fsp3) is 0.200. The Balaban J connectivity index is 1.80. The molecule has 0 radical (unpaired) electrons. The summed E-state index contributed by atoms with van der Waals surface area (Å²) in [5.74, 6) is -0.956. The molecule has 5 nitrogen and oxygen atoms in total. The number of aromatic nitrogens is 1. The third-order valence-electron chi connectivity index (χ3n) is 2.71. The van der Waals surface area contributed by atoms with Crippen molar-refractivity contribution in [1.82, 2.24) is 4.98 Å². The van der Waals surface area contributed by atoms with E-state index in [-0.39, 0.29) is 11.4 Å². The first kappa shape index (κ1) is 14.8. The van der Waals surface area contributed by atoms with Crippen molar-refractivity contribution in [2.24, 2.45) is 0 Å². The van der Waals surface area contributed by atoms with E-state index in [9.17, 15) is 9.18 Å². The lowest BCUT2D eigenvalue weighted by molar-refractivity contribution is 0.0697. The van der Waals surface area contributed by atoms with Gasteiger partial charge in [-0.25, -0.2) is 14.2 Å². The van der Waals surface area contributed by atoms with Gasteiger partial charge in [0, 0.05) is 6.54 Å². The van der Waals surface area contributed by atoms with Crippen LogP contribution in [-0.4, -0.2) is 29.2 Å². The second kappa shape index (κ2) is 7.23. The lowest BCUT2D eigenvalue weighted by Crippen LogP contribution is -2.12. The maximum Gasteiger partial charge on any atom is 0.339 e. The molecule has 2 aromatic rings. The van der Waals surface area contributed by atoms with E-state index in [4.69, 9.17) is 9.84 Å². The van der Waals surface area contributed by atoms with Crippen molar-refractivity contribution in [3.05, 3.63) is 54.0 Å².